The number of aliphatic hydroxyl groups is 1. The van der Waals surface area contributed by atoms with Gasteiger partial charge < -0.3 is 20.5 Å². The third kappa shape index (κ3) is 3.32. The van der Waals surface area contributed by atoms with Gasteiger partial charge in [-0.2, -0.15) is 13.2 Å². The average molecular weight is 362 g/mol. The van der Waals surface area contributed by atoms with Crippen molar-refractivity contribution in [3.63, 3.8) is 0 Å². The van der Waals surface area contributed by atoms with Gasteiger partial charge in [-0.1, -0.05) is 29.8 Å². The molecule has 0 aromatic heterocycles. The number of esters is 1. The molecule has 1 saturated heterocycles. The van der Waals surface area contributed by atoms with Crippen molar-refractivity contribution < 1.29 is 27.8 Å². The molecule has 132 valence electrons. The molecule has 0 unspecified atom stereocenters. The Kier molecular flexibility index (Phi) is 5.05. The standard InChI is InChI=1S/C15H17F3N2O3S/c1-3-23-12(21)10-11(9-6-4-8(2)5-7-9)19-13(24)20-14(10,22)15(16,17)18/h4-7,10-11,22H,3H2,1-2H3,(H2,19,20,24)/t10-,11-,14-/m0/s1. The van der Waals surface area contributed by atoms with E-state index in [1.54, 1.807) is 29.6 Å². The zero-order valence-electron chi connectivity index (χ0n) is 13.0. The molecular formula is C15H17F3N2O3S. The Balaban J connectivity index is 2.55. The van der Waals surface area contributed by atoms with Crippen molar-refractivity contribution in [3.8, 4) is 0 Å². The summed E-state index contributed by atoms with van der Waals surface area (Å²) >= 11 is 4.80. The lowest BCUT2D eigenvalue weighted by Gasteiger charge is -2.45. The van der Waals surface area contributed by atoms with Crippen molar-refractivity contribution >= 4 is 23.3 Å². The number of carbonyl (C=O) groups excluding carboxylic acids is 1. The molecule has 5 nitrogen and oxygen atoms in total. The normalized spacial score (nSPS) is 27.2. The number of benzene rings is 1. The van der Waals surface area contributed by atoms with Gasteiger partial charge in [-0.15, -0.1) is 0 Å². The van der Waals surface area contributed by atoms with Crippen LogP contribution in [0.1, 0.15) is 24.1 Å². The minimum Gasteiger partial charge on any atom is -0.466 e. The number of rotatable bonds is 3. The molecule has 24 heavy (non-hydrogen) atoms. The van der Waals surface area contributed by atoms with Gasteiger partial charge in [0, 0.05) is 0 Å². The summed E-state index contributed by atoms with van der Waals surface area (Å²) in [6.45, 7) is 3.17. The molecule has 0 saturated carbocycles. The molecule has 1 fully saturated rings. The fourth-order valence-electron chi connectivity index (χ4n) is 2.59. The minimum atomic E-state index is -5.14. The number of hydrogen-bond donors (Lipinski definition) is 3. The van der Waals surface area contributed by atoms with Crippen LogP contribution in [-0.4, -0.2) is 34.7 Å². The van der Waals surface area contributed by atoms with E-state index < -0.39 is 34.9 Å². The highest BCUT2D eigenvalue weighted by atomic mass is 32.1. The molecule has 0 aliphatic carbocycles. The van der Waals surface area contributed by atoms with E-state index in [-0.39, 0.29) is 6.61 Å². The SMILES string of the molecule is CCOC(=O)[C@@H]1[C@H](c2ccc(C)cc2)NC(=S)N[C@@]1(O)C(F)(F)F. The van der Waals surface area contributed by atoms with Crippen LogP contribution in [0.2, 0.25) is 0 Å². The monoisotopic (exact) mass is 362 g/mol. The van der Waals surface area contributed by atoms with Crippen LogP contribution in [0.5, 0.6) is 0 Å². The zero-order chi connectivity index (χ0) is 18.1. The quantitative estimate of drug-likeness (QED) is 0.564. The maximum absolute atomic E-state index is 13.5. The molecule has 1 aliphatic heterocycles. The fourth-order valence-corrected chi connectivity index (χ4v) is 2.87. The third-order valence-electron chi connectivity index (χ3n) is 3.78. The van der Waals surface area contributed by atoms with Crippen LogP contribution in [0.4, 0.5) is 13.2 Å². The Morgan fingerprint density at radius 2 is 1.96 bits per heavy atom. The predicted molar refractivity (Wildman–Crippen MR) is 83.9 cm³/mol. The summed E-state index contributed by atoms with van der Waals surface area (Å²) in [4.78, 5) is 12.2. The number of aryl methyl sites for hydroxylation is 1. The van der Waals surface area contributed by atoms with Gasteiger partial charge in [0.1, 0.15) is 5.92 Å². The lowest BCUT2D eigenvalue weighted by molar-refractivity contribution is -0.292. The number of thiocarbonyl (C=S) groups is 1. The third-order valence-corrected chi connectivity index (χ3v) is 4.00. The second kappa shape index (κ2) is 6.56. The Labute approximate surface area is 142 Å². The summed E-state index contributed by atoms with van der Waals surface area (Å²) in [5.41, 5.74) is -2.25. The number of hydrogen-bond acceptors (Lipinski definition) is 4. The van der Waals surface area contributed by atoms with E-state index >= 15 is 0 Å². The molecular weight excluding hydrogens is 345 g/mol. The van der Waals surface area contributed by atoms with Gasteiger partial charge in [0.2, 0.25) is 0 Å². The average Bonchev–Trinajstić information content (AvgIpc) is 2.46. The smallest absolute Gasteiger partial charge is 0.437 e. The maximum Gasteiger partial charge on any atom is 0.437 e. The summed E-state index contributed by atoms with van der Waals surface area (Å²) in [6, 6.07) is 5.34. The summed E-state index contributed by atoms with van der Waals surface area (Å²) in [5, 5.41) is 14.3. The van der Waals surface area contributed by atoms with E-state index in [2.05, 4.69) is 5.32 Å². The lowest BCUT2D eigenvalue weighted by atomic mass is 9.82. The largest absolute Gasteiger partial charge is 0.466 e. The number of carbonyl (C=O) groups is 1. The highest BCUT2D eigenvalue weighted by Crippen LogP contribution is 2.43. The van der Waals surface area contributed by atoms with E-state index in [0.717, 1.165) is 5.56 Å². The van der Waals surface area contributed by atoms with E-state index in [1.165, 1.54) is 6.92 Å². The molecule has 1 heterocycles. The molecule has 1 aromatic carbocycles. The molecule has 3 N–H and O–H groups in total. The van der Waals surface area contributed by atoms with E-state index in [4.69, 9.17) is 17.0 Å². The van der Waals surface area contributed by atoms with E-state index in [0.29, 0.717) is 5.56 Å². The van der Waals surface area contributed by atoms with Gasteiger partial charge in [-0.3, -0.25) is 4.79 Å². The van der Waals surface area contributed by atoms with Gasteiger partial charge in [-0.05, 0) is 31.6 Å². The van der Waals surface area contributed by atoms with E-state index in [9.17, 15) is 23.1 Å². The topological polar surface area (TPSA) is 70.6 Å². The number of halogens is 3. The highest BCUT2D eigenvalue weighted by molar-refractivity contribution is 7.80. The molecule has 1 aliphatic rings. The Bertz CT molecular complexity index is 636. The summed E-state index contributed by atoms with van der Waals surface area (Å²) < 4.78 is 45.2. The Morgan fingerprint density at radius 3 is 2.46 bits per heavy atom. The van der Waals surface area contributed by atoms with Gasteiger partial charge in [0.25, 0.3) is 5.72 Å². The van der Waals surface area contributed by atoms with Crippen LogP contribution in [0.25, 0.3) is 0 Å². The zero-order valence-corrected chi connectivity index (χ0v) is 13.8. The first kappa shape index (κ1) is 18.5. The first-order chi connectivity index (χ1) is 11.1. The molecule has 3 atom stereocenters. The van der Waals surface area contributed by atoms with Crippen molar-refractivity contribution in [2.75, 3.05) is 6.61 Å². The summed E-state index contributed by atoms with van der Waals surface area (Å²) in [6.07, 6.45) is -5.14. The molecule has 0 radical (unpaired) electrons. The van der Waals surface area contributed by atoms with Crippen LogP contribution >= 0.6 is 12.2 Å². The van der Waals surface area contributed by atoms with Gasteiger partial charge in [0.15, 0.2) is 5.11 Å². The van der Waals surface area contributed by atoms with Gasteiger partial charge in [0.05, 0.1) is 12.6 Å². The molecule has 1 aromatic rings. The summed E-state index contributed by atoms with van der Waals surface area (Å²) in [7, 11) is 0. The maximum atomic E-state index is 13.5. The van der Waals surface area contributed by atoms with Crippen LogP contribution in [0.15, 0.2) is 24.3 Å². The van der Waals surface area contributed by atoms with Crippen molar-refractivity contribution in [1.29, 1.82) is 0 Å². The molecule has 0 spiro atoms. The second-order valence-corrected chi connectivity index (χ2v) is 5.89. The Hall–Kier alpha value is -1.87. The van der Waals surface area contributed by atoms with Crippen LogP contribution in [-0.2, 0) is 9.53 Å². The molecule has 0 bridgehead atoms. The number of nitrogens with one attached hydrogen (secondary N) is 2. The molecule has 0 amide bonds. The predicted octanol–water partition coefficient (Wildman–Crippen LogP) is 1.94. The highest BCUT2D eigenvalue weighted by Gasteiger charge is 2.66. The molecule has 9 heteroatoms. The Morgan fingerprint density at radius 1 is 1.38 bits per heavy atom. The van der Waals surface area contributed by atoms with Crippen molar-refractivity contribution in [3.05, 3.63) is 35.4 Å². The van der Waals surface area contributed by atoms with Crippen LogP contribution in [0, 0.1) is 12.8 Å². The first-order valence-electron chi connectivity index (χ1n) is 7.21. The fraction of sp³-hybridized carbons (Fsp3) is 0.467. The lowest BCUT2D eigenvalue weighted by Crippen LogP contribution is -2.73. The number of ether oxygens (including phenoxy) is 1. The van der Waals surface area contributed by atoms with Crippen LogP contribution in [0.3, 0.4) is 0 Å². The van der Waals surface area contributed by atoms with Crippen LogP contribution < -0.4 is 10.6 Å². The number of alkyl halides is 3. The van der Waals surface area contributed by atoms with Gasteiger partial charge >= 0.3 is 12.1 Å². The summed E-state index contributed by atoms with van der Waals surface area (Å²) in [5.74, 6) is -3.14. The van der Waals surface area contributed by atoms with Crippen molar-refractivity contribution in [2.45, 2.75) is 31.8 Å². The van der Waals surface area contributed by atoms with Gasteiger partial charge in [-0.25, -0.2) is 0 Å². The molecule has 2 rings (SSSR count). The first-order valence-corrected chi connectivity index (χ1v) is 7.62. The van der Waals surface area contributed by atoms with Crippen molar-refractivity contribution in [1.82, 2.24) is 10.6 Å². The minimum absolute atomic E-state index is 0.117. The van der Waals surface area contributed by atoms with E-state index in [1.807, 2.05) is 6.92 Å². The van der Waals surface area contributed by atoms with Crippen molar-refractivity contribution in [2.24, 2.45) is 5.92 Å². The second-order valence-electron chi connectivity index (χ2n) is 5.48.